The lowest BCUT2D eigenvalue weighted by molar-refractivity contribution is 0.0262. The average molecular weight is 243 g/mol. The molecule has 2 N–H and O–H groups in total. The Labute approximate surface area is 104 Å². The van der Waals surface area contributed by atoms with Gasteiger partial charge in [0.2, 0.25) is 0 Å². The molecule has 2 aliphatic rings. The normalized spacial score (nSPS) is 34.9. The summed E-state index contributed by atoms with van der Waals surface area (Å²) in [4.78, 5) is 0. The average Bonchev–Trinajstić information content (AvgIpc) is 2.29. The summed E-state index contributed by atoms with van der Waals surface area (Å²) in [6.45, 7) is 3.15. The predicted octanol–water partition coefficient (Wildman–Crippen LogP) is 2.41. The minimum Gasteiger partial charge on any atom is -0.389 e. The molecular formula is C13H25NOS. The molecule has 2 unspecified atom stereocenters. The van der Waals surface area contributed by atoms with Crippen molar-refractivity contribution in [2.45, 2.75) is 57.1 Å². The van der Waals surface area contributed by atoms with Gasteiger partial charge in [0, 0.05) is 12.6 Å². The van der Waals surface area contributed by atoms with Gasteiger partial charge in [-0.05, 0) is 43.1 Å². The fraction of sp³-hybridized carbons (Fsp3) is 1.00. The Morgan fingerprint density at radius 3 is 2.62 bits per heavy atom. The zero-order valence-electron chi connectivity index (χ0n) is 10.4. The molecule has 0 bridgehead atoms. The van der Waals surface area contributed by atoms with Gasteiger partial charge in [-0.1, -0.05) is 19.8 Å². The summed E-state index contributed by atoms with van der Waals surface area (Å²) >= 11 is 1.97. The zero-order chi connectivity index (χ0) is 11.4. The monoisotopic (exact) mass is 243 g/mol. The van der Waals surface area contributed by atoms with Crippen LogP contribution in [-0.4, -0.2) is 34.8 Å². The van der Waals surface area contributed by atoms with Crippen molar-refractivity contribution in [1.29, 1.82) is 0 Å². The number of rotatable bonds is 3. The third-order valence-corrected chi connectivity index (χ3v) is 5.21. The third-order valence-electron chi connectivity index (χ3n) is 4.23. The van der Waals surface area contributed by atoms with E-state index in [9.17, 15) is 5.11 Å². The van der Waals surface area contributed by atoms with E-state index in [4.69, 9.17) is 0 Å². The molecule has 2 rings (SSSR count). The van der Waals surface area contributed by atoms with Crippen molar-refractivity contribution >= 4 is 11.8 Å². The summed E-state index contributed by atoms with van der Waals surface area (Å²) in [7, 11) is 0. The molecule has 16 heavy (non-hydrogen) atoms. The maximum Gasteiger partial charge on any atom is 0.0787 e. The van der Waals surface area contributed by atoms with Crippen molar-refractivity contribution < 1.29 is 5.11 Å². The van der Waals surface area contributed by atoms with Gasteiger partial charge in [-0.3, -0.25) is 0 Å². The first-order valence-corrected chi connectivity index (χ1v) is 7.89. The second-order valence-electron chi connectivity index (χ2n) is 5.59. The number of hydrogen-bond donors (Lipinski definition) is 2. The van der Waals surface area contributed by atoms with E-state index in [0.717, 1.165) is 36.8 Å². The lowest BCUT2D eigenvalue weighted by atomic mass is 9.85. The number of nitrogens with one attached hydrogen (secondary N) is 1. The van der Waals surface area contributed by atoms with E-state index in [1.807, 2.05) is 11.8 Å². The van der Waals surface area contributed by atoms with Gasteiger partial charge in [0.15, 0.2) is 0 Å². The summed E-state index contributed by atoms with van der Waals surface area (Å²) in [5.41, 5.74) is -0.414. The smallest absolute Gasteiger partial charge is 0.0787 e. The van der Waals surface area contributed by atoms with Gasteiger partial charge in [-0.15, -0.1) is 0 Å². The molecule has 3 heteroatoms. The van der Waals surface area contributed by atoms with Crippen molar-refractivity contribution in [2.24, 2.45) is 5.92 Å². The van der Waals surface area contributed by atoms with Gasteiger partial charge < -0.3 is 10.4 Å². The first kappa shape index (κ1) is 12.7. The number of hydrogen-bond acceptors (Lipinski definition) is 3. The van der Waals surface area contributed by atoms with Crippen LogP contribution in [0.5, 0.6) is 0 Å². The summed E-state index contributed by atoms with van der Waals surface area (Å²) in [5.74, 6) is 3.03. The molecule has 0 spiro atoms. The number of aliphatic hydroxyl groups is 1. The highest BCUT2D eigenvalue weighted by Crippen LogP contribution is 2.28. The quantitative estimate of drug-likeness (QED) is 0.798. The minimum absolute atomic E-state index is 0.414. The maximum absolute atomic E-state index is 10.4. The van der Waals surface area contributed by atoms with Crippen LogP contribution in [0.25, 0.3) is 0 Å². The predicted molar refractivity (Wildman–Crippen MR) is 70.9 cm³/mol. The summed E-state index contributed by atoms with van der Waals surface area (Å²) in [6, 6.07) is 0.646. The van der Waals surface area contributed by atoms with E-state index in [2.05, 4.69) is 12.2 Å². The van der Waals surface area contributed by atoms with Crippen molar-refractivity contribution in [3.05, 3.63) is 0 Å². The highest BCUT2D eigenvalue weighted by molar-refractivity contribution is 7.99. The van der Waals surface area contributed by atoms with Gasteiger partial charge in [0.05, 0.1) is 5.60 Å². The van der Waals surface area contributed by atoms with Gasteiger partial charge >= 0.3 is 0 Å². The molecule has 2 fully saturated rings. The molecule has 2 atom stereocenters. The molecule has 0 radical (unpaired) electrons. The van der Waals surface area contributed by atoms with Crippen LogP contribution in [0.3, 0.4) is 0 Å². The minimum atomic E-state index is -0.414. The molecule has 0 amide bonds. The maximum atomic E-state index is 10.4. The Bertz CT molecular complexity index is 216. The second kappa shape index (κ2) is 5.74. The lowest BCUT2D eigenvalue weighted by Gasteiger charge is -2.36. The standard InChI is InChI=1S/C13H25NOS/c1-11-4-2-3-5-12(11)14-10-13(15)6-8-16-9-7-13/h11-12,14-15H,2-10H2,1H3. The molecule has 94 valence electrons. The Hall–Kier alpha value is 0.270. The van der Waals surface area contributed by atoms with E-state index in [-0.39, 0.29) is 0 Å². The van der Waals surface area contributed by atoms with Gasteiger partial charge in [-0.25, -0.2) is 0 Å². The Morgan fingerprint density at radius 1 is 1.25 bits per heavy atom. The summed E-state index contributed by atoms with van der Waals surface area (Å²) in [6.07, 6.45) is 7.33. The topological polar surface area (TPSA) is 32.3 Å². The highest BCUT2D eigenvalue weighted by atomic mass is 32.2. The molecule has 0 aromatic carbocycles. The fourth-order valence-electron chi connectivity index (χ4n) is 2.87. The second-order valence-corrected chi connectivity index (χ2v) is 6.81. The van der Waals surface area contributed by atoms with Crippen molar-refractivity contribution in [3.8, 4) is 0 Å². The van der Waals surface area contributed by atoms with Crippen LogP contribution in [0.4, 0.5) is 0 Å². The summed E-state index contributed by atoms with van der Waals surface area (Å²) in [5, 5.41) is 14.0. The van der Waals surface area contributed by atoms with Crippen LogP contribution in [0.15, 0.2) is 0 Å². The Balaban J connectivity index is 1.76. The van der Waals surface area contributed by atoms with Crippen molar-refractivity contribution in [2.75, 3.05) is 18.1 Å². The lowest BCUT2D eigenvalue weighted by Crippen LogP contribution is -2.48. The number of thioether (sulfide) groups is 1. The van der Waals surface area contributed by atoms with E-state index in [0.29, 0.717) is 6.04 Å². The Morgan fingerprint density at radius 2 is 1.94 bits per heavy atom. The van der Waals surface area contributed by atoms with Gasteiger partial charge in [-0.2, -0.15) is 11.8 Å². The molecule has 1 aliphatic heterocycles. The van der Waals surface area contributed by atoms with E-state index in [1.165, 1.54) is 25.7 Å². The SMILES string of the molecule is CC1CCCCC1NCC1(O)CCSCC1. The first-order chi connectivity index (χ1) is 7.70. The van der Waals surface area contributed by atoms with Crippen LogP contribution >= 0.6 is 11.8 Å². The molecule has 1 heterocycles. The van der Waals surface area contributed by atoms with Crippen LogP contribution in [0.1, 0.15) is 45.4 Å². The van der Waals surface area contributed by atoms with Crippen LogP contribution in [0, 0.1) is 5.92 Å². The van der Waals surface area contributed by atoms with Crippen LogP contribution in [0.2, 0.25) is 0 Å². The molecule has 1 saturated heterocycles. The molecule has 1 aliphatic carbocycles. The van der Waals surface area contributed by atoms with E-state index in [1.54, 1.807) is 0 Å². The third kappa shape index (κ3) is 3.38. The van der Waals surface area contributed by atoms with E-state index >= 15 is 0 Å². The molecule has 0 aromatic rings. The van der Waals surface area contributed by atoms with Crippen LogP contribution < -0.4 is 5.32 Å². The van der Waals surface area contributed by atoms with E-state index < -0.39 is 5.60 Å². The van der Waals surface area contributed by atoms with Crippen LogP contribution in [-0.2, 0) is 0 Å². The zero-order valence-corrected chi connectivity index (χ0v) is 11.2. The van der Waals surface area contributed by atoms with Gasteiger partial charge in [0.25, 0.3) is 0 Å². The Kier molecular flexibility index (Phi) is 4.57. The molecule has 0 aromatic heterocycles. The highest BCUT2D eigenvalue weighted by Gasteiger charge is 2.31. The molecular weight excluding hydrogens is 218 g/mol. The fourth-order valence-corrected chi connectivity index (χ4v) is 4.12. The van der Waals surface area contributed by atoms with Crippen molar-refractivity contribution in [3.63, 3.8) is 0 Å². The van der Waals surface area contributed by atoms with Crippen molar-refractivity contribution in [1.82, 2.24) is 5.32 Å². The van der Waals surface area contributed by atoms with Gasteiger partial charge in [0.1, 0.15) is 0 Å². The molecule has 2 nitrogen and oxygen atoms in total. The summed E-state index contributed by atoms with van der Waals surface area (Å²) < 4.78 is 0. The molecule has 1 saturated carbocycles. The largest absolute Gasteiger partial charge is 0.389 e. The first-order valence-electron chi connectivity index (χ1n) is 6.73.